The molecule has 9 heteroatoms. The Labute approximate surface area is 105 Å². The second-order valence-corrected chi connectivity index (χ2v) is 3.44. The van der Waals surface area contributed by atoms with Crippen molar-refractivity contribution in [1.29, 1.82) is 0 Å². The number of rotatable bonds is 4. The number of aromatic amines is 2. The van der Waals surface area contributed by atoms with E-state index in [0.717, 1.165) is 0 Å². The van der Waals surface area contributed by atoms with Crippen LogP contribution in [0.1, 0.15) is 11.5 Å². The van der Waals surface area contributed by atoms with Crippen molar-refractivity contribution < 1.29 is 9.21 Å². The summed E-state index contributed by atoms with van der Waals surface area (Å²) in [6, 6.07) is 3.33. The molecule has 0 saturated carbocycles. The van der Waals surface area contributed by atoms with E-state index >= 15 is 0 Å². The zero-order valence-corrected chi connectivity index (χ0v) is 9.54. The van der Waals surface area contributed by atoms with Crippen molar-refractivity contribution in [3.05, 3.63) is 50.7 Å². The van der Waals surface area contributed by atoms with E-state index in [1.54, 1.807) is 12.1 Å². The number of hydrogen-bond acceptors (Lipinski definition) is 6. The molecule has 0 bridgehead atoms. The Bertz CT molecular complexity index is 697. The summed E-state index contributed by atoms with van der Waals surface area (Å²) in [5, 5.41) is 9.12. The molecule has 3 N–H and O–H groups in total. The summed E-state index contributed by atoms with van der Waals surface area (Å²) in [6.45, 7) is 0. The fourth-order valence-corrected chi connectivity index (χ4v) is 1.22. The van der Waals surface area contributed by atoms with E-state index in [9.17, 15) is 14.4 Å². The van der Waals surface area contributed by atoms with Gasteiger partial charge in [-0.3, -0.25) is 14.6 Å². The van der Waals surface area contributed by atoms with E-state index in [1.807, 2.05) is 10.1 Å². The zero-order valence-electron chi connectivity index (χ0n) is 9.54. The molecule has 2 rings (SSSR count). The lowest BCUT2D eigenvalue weighted by Crippen LogP contribution is -2.31. The molecule has 0 saturated heterocycles. The fraction of sp³-hybridized carbons (Fsp3) is 0.100. The molecule has 98 valence electrons. The lowest BCUT2D eigenvalue weighted by molar-refractivity contribution is -0.120. The highest BCUT2D eigenvalue weighted by molar-refractivity contribution is 5.81. The summed E-state index contributed by atoms with van der Waals surface area (Å²) in [7, 11) is 0. The summed E-state index contributed by atoms with van der Waals surface area (Å²) in [6.07, 6.45) is 2.47. The third kappa shape index (κ3) is 3.49. The molecule has 0 fully saturated rings. The van der Waals surface area contributed by atoms with Crippen molar-refractivity contribution in [2.24, 2.45) is 5.10 Å². The number of aromatic nitrogens is 3. The highest BCUT2D eigenvalue weighted by Gasteiger charge is 2.08. The molecular formula is C10H9N5O4. The van der Waals surface area contributed by atoms with Gasteiger partial charge in [0.25, 0.3) is 5.56 Å². The number of hydrogen-bond donors (Lipinski definition) is 3. The lowest BCUT2D eigenvalue weighted by atomic mass is 10.3. The minimum absolute atomic E-state index is 0.106. The van der Waals surface area contributed by atoms with E-state index in [1.165, 1.54) is 12.5 Å². The molecule has 0 aliphatic heterocycles. The van der Waals surface area contributed by atoms with Gasteiger partial charge in [-0.1, -0.05) is 0 Å². The number of carbonyl (C=O) groups excluding carboxylic acids is 1. The van der Waals surface area contributed by atoms with Crippen molar-refractivity contribution in [1.82, 2.24) is 20.6 Å². The molecule has 0 aliphatic rings. The Kier molecular flexibility index (Phi) is 3.67. The summed E-state index contributed by atoms with van der Waals surface area (Å²) in [5.74, 6) is -0.0758. The van der Waals surface area contributed by atoms with Crippen molar-refractivity contribution >= 4 is 12.1 Å². The molecule has 0 spiro atoms. The average molecular weight is 263 g/mol. The van der Waals surface area contributed by atoms with Crippen LogP contribution in [0.15, 0.2) is 37.5 Å². The summed E-state index contributed by atoms with van der Waals surface area (Å²) >= 11 is 0. The van der Waals surface area contributed by atoms with E-state index in [4.69, 9.17) is 4.42 Å². The lowest BCUT2D eigenvalue weighted by Gasteiger charge is -1.97. The van der Waals surface area contributed by atoms with Crippen molar-refractivity contribution in [2.75, 3.05) is 0 Å². The third-order valence-electron chi connectivity index (χ3n) is 2.03. The minimum atomic E-state index is -0.731. The topological polar surface area (TPSA) is 133 Å². The summed E-state index contributed by atoms with van der Waals surface area (Å²) < 4.78 is 4.96. The predicted octanol–water partition coefficient (Wildman–Crippen LogP) is -1.26. The van der Waals surface area contributed by atoms with Crippen LogP contribution in [0.5, 0.6) is 0 Å². The molecule has 0 aromatic carbocycles. The smallest absolute Gasteiger partial charge is 0.342 e. The van der Waals surface area contributed by atoms with Gasteiger partial charge in [0.15, 0.2) is 0 Å². The maximum atomic E-state index is 11.4. The Balaban J connectivity index is 1.94. The Hall–Kier alpha value is -2.97. The van der Waals surface area contributed by atoms with Crippen LogP contribution in [0.3, 0.4) is 0 Å². The summed E-state index contributed by atoms with van der Waals surface area (Å²) in [5.41, 5.74) is 0.645. The quantitative estimate of drug-likeness (QED) is 0.468. The van der Waals surface area contributed by atoms with Crippen LogP contribution in [0, 0.1) is 0 Å². The molecular weight excluding hydrogens is 254 g/mol. The van der Waals surface area contributed by atoms with Crippen LogP contribution < -0.4 is 16.7 Å². The zero-order chi connectivity index (χ0) is 13.7. The van der Waals surface area contributed by atoms with Gasteiger partial charge in [0.1, 0.15) is 11.5 Å². The SMILES string of the molecule is O=C(Cc1n[nH]c(=O)[nH]c1=O)NN=Cc1ccco1. The van der Waals surface area contributed by atoms with Crippen LogP contribution >= 0.6 is 0 Å². The highest BCUT2D eigenvalue weighted by atomic mass is 16.3. The Morgan fingerprint density at radius 1 is 1.53 bits per heavy atom. The number of nitrogens with zero attached hydrogens (tertiary/aromatic N) is 2. The maximum Gasteiger partial charge on any atom is 0.342 e. The average Bonchev–Trinajstić information content (AvgIpc) is 2.86. The third-order valence-corrected chi connectivity index (χ3v) is 2.03. The number of H-pyrrole nitrogens is 2. The summed E-state index contributed by atoms with van der Waals surface area (Å²) in [4.78, 5) is 35.4. The van der Waals surface area contributed by atoms with Gasteiger partial charge in [0.05, 0.1) is 18.9 Å². The first-order valence-corrected chi connectivity index (χ1v) is 5.18. The first-order valence-electron chi connectivity index (χ1n) is 5.18. The number of amides is 1. The molecule has 2 aromatic rings. The fourth-order valence-electron chi connectivity index (χ4n) is 1.22. The first-order chi connectivity index (χ1) is 9.15. The Morgan fingerprint density at radius 3 is 3.05 bits per heavy atom. The van der Waals surface area contributed by atoms with Gasteiger partial charge >= 0.3 is 5.69 Å². The largest absolute Gasteiger partial charge is 0.463 e. The van der Waals surface area contributed by atoms with Gasteiger partial charge in [-0.2, -0.15) is 10.2 Å². The standard InChI is InChI=1S/C10H9N5O4/c16-8(14-11-5-6-2-1-3-19-6)4-7-9(17)12-10(18)15-13-7/h1-3,5H,4H2,(H,14,16)(H2,12,15,17,18). The van der Waals surface area contributed by atoms with E-state index in [2.05, 4.69) is 15.6 Å². The molecule has 0 atom stereocenters. The van der Waals surface area contributed by atoms with Gasteiger partial charge in [-0.25, -0.2) is 15.3 Å². The number of carbonyl (C=O) groups is 1. The molecule has 0 aliphatic carbocycles. The number of nitrogens with one attached hydrogen (secondary N) is 3. The van der Waals surface area contributed by atoms with Gasteiger partial charge in [0.2, 0.25) is 5.91 Å². The maximum absolute atomic E-state index is 11.4. The first kappa shape index (κ1) is 12.5. The van der Waals surface area contributed by atoms with Crippen molar-refractivity contribution in [3.63, 3.8) is 0 Å². The van der Waals surface area contributed by atoms with Crippen molar-refractivity contribution in [3.8, 4) is 0 Å². The van der Waals surface area contributed by atoms with Gasteiger partial charge in [-0.05, 0) is 12.1 Å². The molecule has 19 heavy (non-hydrogen) atoms. The van der Waals surface area contributed by atoms with Gasteiger partial charge in [0, 0.05) is 0 Å². The van der Waals surface area contributed by atoms with Crippen LogP contribution in [0.25, 0.3) is 0 Å². The molecule has 2 heterocycles. The van der Waals surface area contributed by atoms with E-state index in [-0.39, 0.29) is 12.1 Å². The van der Waals surface area contributed by atoms with Crippen LogP contribution in [0.4, 0.5) is 0 Å². The van der Waals surface area contributed by atoms with Crippen LogP contribution in [-0.2, 0) is 11.2 Å². The molecule has 0 unspecified atom stereocenters. The second-order valence-electron chi connectivity index (χ2n) is 3.44. The Morgan fingerprint density at radius 2 is 2.37 bits per heavy atom. The number of hydrazone groups is 1. The van der Waals surface area contributed by atoms with Gasteiger partial charge < -0.3 is 4.42 Å². The predicted molar refractivity (Wildman–Crippen MR) is 63.6 cm³/mol. The normalized spacial score (nSPS) is 10.7. The minimum Gasteiger partial charge on any atom is -0.463 e. The van der Waals surface area contributed by atoms with E-state index in [0.29, 0.717) is 5.76 Å². The second kappa shape index (κ2) is 5.58. The monoisotopic (exact) mass is 263 g/mol. The highest BCUT2D eigenvalue weighted by Crippen LogP contribution is 1.94. The van der Waals surface area contributed by atoms with Crippen molar-refractivity contribution in [2.45, 2.75) is 6.42 Å². The van der Waals surface area contributed by atoms with Gasteiger partial charge in [-0.15, -0.1) is 0 Å². The van der Waals surface area contributed by atoms with E-state index < -0.39 is 17.2 Å². The number of furan rings is 1. The molecule has 0 radical (unpaired) electrons. The molecule has 1 amide bonds. The molecule has 2 aromatic heterocycles. The van der Waals surface area contributed by atoms with Crippen LogP contribution in [-0.4, -0.2) is 27.3 Å². The molecule has 9 nitrogen and oxygen atoms in total. The van der Waals surface area contributed by atoms with Crippen LogP contribution in [0.2, 0.25) is 0 Å².